The predicted molar refractivity (Wildman–Crippen MR) is 136 cm³/mol. The largest absolute Gasteiger partial charge is 0.497 e. The highest BCUT2D eigenvalue weighted by Crippen LogP contribution is 2.28. The molecule has 0 fully saturated rings. The van der Waals surface area contributed by atoms with Crippen LogP contribution in [0.3, 0.4) is 0 Å². The number of methoxy groups -OCH3 is 1. The zero-order valence-corrected chi connectivity index (χ0v) is 21.9. The fraction of sp³-hybridized carbons (Fsp3) is 0.444. The van der Waals surface area contributed by atoms with Crippen molar-refractivity contribution in [3.05, 3.63) is 59.2 Å². The molecule has 0 aliphatic heterocycles. The van der Waals surface area contributed by atoms with Gasteiger partial charge in [0.2, 0.25) is 5.91 Å². The van der Waals surface area contributed by atoms with E-state index in [4.69, 9.17) is 9.47 Å². The molecule has 0 aromatic heterocycles. The van der Waals surface area contributed by atoms with E-state index in [0.717, 1.165) is 11.1 Å². The van der Waals surface area contributed by atoms with Gasteiger partial charge in [0.05, 0.1) is 7.11 Å². The zero-order chi connectivity index (χ0) is 26.3. The number of carbonyl (C=O) groups is 3. The quantitative estimate of drug-likeness (QED) is 0.565. The van der Waals surface area contributed by atoms with Gasteiger partial charge in [0.15, 0.2) is 0 Å². The molecule has 3 amide bonds. The van der Waals surface area contributed by atoms with Crippen molar-refractivity contribution in [2.24, 2.45) is 0 Å². The summed E-state index contributed by atoms with van der Waals surface area (Å²) in [6, 6.07) is 11.5. The first-order valence-electron chi connectivity index (χ1n) is 11.6. The Kier molecular flexibility index (Phi) is 9.28. The highest BCUT2D eigenvalue weighted by atomic mass is 16.6. The molecule has 190 valence electrons. The van der Waals surface area contributed by atoms with Crippen molar-refractivity contribution in [2.45, 2.75) is 66.2 Å². The Morgan fingerprint density at radius 2 is 1.54 bits per heavy atom. The summed E-state index contributed by atoms with van der Waals surface area (Å²) < 4.78 is 10.4. The van der Waals surface area contributed by atoms with Crippen molar-refractivity contribution in [3.8, 4) is 5.75 Å². The Hall–Kier alpha value is -3.55. The van der Waals surface area contributed by atoms with Gasteiger partial charge in [0.25, 0.3) is 5.91 Å². The summed E-state index contributed by atoms with van der Waals surface area (Å²) in [6.45, 7) is 12.5. The second kappa shape index (κ2) is 11.7. The second-order valence-electron chi connectivity index (χ2n) is 9.79. The fourth-order valence-corrected chi connectivity index (χ4v) is 3.77. The van der Waals surface area contributed by atoms with Crippen molar-refractivity contribution in [2.75, 3.05) is 19.0 Å². The van der Waals surface area contributed by atoms with Gasteiger partial charge in [-0.1, -0.05) is 29.3 Å². The highest BCUT2D eigenvalue weighted by Gasteiger charge is 2.34. The maximum Gasteiger partial charge on any atom is 0.408 e. The third-order valence-corrected chi connectivity index (χ3v) is 5.07. The third-order valence-electron chi connectivity index (χ3n) is 5.07. The van der Waals surface area contributed by atoms with E-state index in [2.05, 4.69) is 10.6 Å². The van der Waals surface area contributed by atoms with Gasteiger partial charge in [0, 0.05) is 11.7 Å². The molecule has 0 aliphatic rings. The Balaban J connectivity index is 2.38. The van der Waals surface area contributed by atoms with Crippen LogP contribution in [-0.4, -0.2) is 48.1 Å². The molecule has 8 nitrogen and oxygen atoms in total. The van der Waals surface area contributed by atoms with Crippen LogP contribution in [0.5, 0.6) is 5.75 Å². The number of nitrogens with one attached hydrogen (secondary N) is 2. The van der Waals surface area contributed by atoms with Crippen LogP contribution in [0, 0.1) is 13.8 Å². The molecule has 0 spiro atoms. The van der Waals surface area contributed by atoms with Gasteiger partial charge in [-0.15, -0.1) is 0 Å². The van der Waals surface area contributed by atoms with E-state index in [-0.39, 0.29) is 18.5 Å². The van der Waals surface area contributed by atoms with Crippen LogP contribution in [0.4, 0.5) is 10.5 Å². The molecule has 2 aromatic rings. The van der Waals surface area contributed by atoms with Crippen LogP contribution < -0.4 is 15.4 Å². The fourth-order valence-electron chi connectivity index (χ4n) is 3.77. The summed E-state index contributed by atoms with van der Waals surface area (Å²) in [7, 11) is 1.57. The van der Waals surface area contributed by atoms with E-state index < -0.39 is 23.6 Å². The predicted octanol–water partition coefficient (Wildman–Crippen LogP) is 4.75. The van der Waals surface area contributed by atoms with Crippen molar-refractivity contribution < 1.29 is 23.9 Å². The molecule has 8 heteroatoms. The minimum Gasteiger partial charge on any atom is -0.497 e. The van der Waals surface area contributed by atoms with E-state index in [0.29, 0.717) is 17.0 Å². The molecule has 0 heterocycles. The number of amides is 3. The summed E-state index contributed by atoms with van der Waals surface area (Å²) in [4.78, 5) is 40.6. The van der Waals surface area contributed by atoms with E-state index in [1.54, 1.807) is 52.1 Å². The summed E-state index contributed by atoms with van der Waals surface area (Å²) in [6.07, 6.45) is -0.694. The summed E-state index contributed by atoms with van der Waals surface area (Å²) in [5.41, 5.74) is 2.53. The molecule has 0 saturated heterocycles. The first kappa shape index (κ1) is 27.7. The Morgan fingerprint density at radius 3 is 2.03 bits per heavy atom. The lowest BCUT2D eigenvalue weighted by atomic mass is 9.98. The molecule has 2 aromatic carbocycles. The molecule has 0 aliphatic carbocycles. The van der Waals surface area contributed by atoms with E-state index in [1.807, 2.05) is 45.9 Å². The Bertz CT molecular complexity index is 1020. The standard InChI is InChI=1S/C27H37N3O5/c1-17(2)30(23(31)16-28-26(33)35-27(5,6)7)24(20-14-18(3)13-19(4)15-20)25(32)29-21-9-11-22(34-8)12-10-21/h9-15,17,24H,16H2,1-8H3,(H,28,33)(H,29,32). The lowest BCUT2D eigenvalue weighted by molar-refractivity contribution is -0.140. The van der Waals surface area contributed by atoms with Gasteiger partial charge in [-0.05, 0) is 78.3 Å². The van der Waals surface area contributed by atoms with Crippen LogP contribution in [0.1, 0.15) is 57.4 Å². The molecule has 0 bridgehead atoms. The van der Waals surface area contributed by atoms with Crippen LogP contribution in [0.2, 0.25) is 0 Å². The van der Waals surface area contributed by atoms with Gasteiger partial charge < -0.3 is 25.0 Å². The number of carbonyl (C=O) groups excluding carboxylic acids is 3. The number of benzene rings is 2. The number of anilines is 1. The maximum absolute atomic E-state index is 13.6. The average Bonchev–Trinajstić information content (AvgIpc) is 2.74. The topological polar surface area (TPSA) is 97.0 Å². The normalized spacial score (nSPS) is 12.0. The zero-order valence-electron chi connectivity index (χ0n) is 21.9. The second-order valence-corrected chi connectivity index (χ2v) is 9.79. The van der Waals surface area contributed by atoms with Gasteiger partial charge in [-0.2, -0.15) is 0 Å². The SMILES string of the molecule is COc1ccc(NC(=O)C(c2cc(C)cc(C)c2)N(C(=O)CNC(=O)OC(C)(C)C)C(C)C)cc1. The van der Waals surface area contributed by atoms with Gasteiger partial charge in [-0.3, -0.25) is 9.59 Å². The van der Waals surface area contributed by atoms with E-state index in [1.165, 1.54) is 4.90 Å². The van der Waals surface area contributed by atoms with E-state index >= 15 is 0 Å². The molecule has 0 saturated carbocycles. The number of hydrogen-bond acceptors (Lipinski definition) is 5. The molecule has 1 unspecified atom stereocenters. The van der Waals surface area contributed by atoms with Crippen molar-refractivity contribution in [1.82, 2.24) is 10.2 Å². The van der Waals surface area contributed by atoms with Gasteiger partial charge in [-0.25, -0.2) is 4.79 Å². The summed E-state index contributed by atoms with van der Waals surface area (Å²) in [5.74, 6) is -0.0968. The lowest BCUT2D eigenvalue weighted by Gasteiger charge is -2.35. The third kappa shape index (κ3) is 8.31. The van der Waals surface area contributed by atoms with Crippen molar-refractivity contribution >= 4 is 23.6 Å². The summed E-state index contributed by atoms with van der Waals surface area (Å²) in [5, 5.41) is 5.42. The molecule has 2 N–H and O–H groups in total. The van der Waals surface area contributed by atoms with Crippen molar-refractivity contribution in [3.63, 3.8) is 0 Å². The molecule has 0 radical (unpaired) electrons. The smallest absolute Gasteiger partial charge is 0.408 e. The number of hydrogen-bond donors (Lipinski definition) is 2. The molecule has 35 heavy (non-hydrogen) atoms. The van der Waals surface area contributed by atoms with E-state index in [9.17, 15) is 14.4 Å². The van der Waals surface area contributed by atoms with Crippen LogP contribution >= 0.6 is 0 Å². The molecule has 1 atom stereocenters. The first-order valence-corrected chi connectivity index (χ1v) is 11.6. The molecular weight excluding hydrogens is 446 g/mol. The van der Waals surface area contributed by atoms with Crippen LogP contribution in [0.25, 0.3) is 0 Å². The highest BCUT2D eigenvalue weighted by molar-refractivity contribution is 5.98. The minimum absolute atomic E-state index is 0.301. The first-order chi connectivity index (χ1) is 16.3. The van der Waals surface area contributed by atoms with Crippen LogP contribution in [-0.2, 0) is 14.3 Å². The monoisotopic (exact) mass is 483 g/mol. The Labute approximate surface area is 208 Å². The van der Waals surface area contributed by atoms with Crippen LogP contribution in [0.15, 0.2) is 42.5 Å². The summed E-state index contributed by atoms with van der Waals surface area (Å²) >= 11 is 0. The number of rotatable bonds is 8. The number of aryl methyl sites for hydroxylation is 2. The molecule has 2 rings (SSSR count). The van der Waals surface area contributed by atoms with Gasteiger partial charge >= 0.3 is 6.09 Å². The number of nitrogens with zero attached hydrogens (tertiary/aromatic N) is 1. The van der Waals surface area contributed by atoms with Crippen molar-refractivity contribution in [1.29, 1.82) is 0 Å². The Morgan fingerprint density at radius 1 is 0.971 bits per heavy atom. The maximum atomic E-state index is 13.6. The van der Waals surface area contributed by atoms with Gasteiger partial charge in [0.1, 0.15) is 23.9 Å². The number of alkyl carbamates (subject to hydrolysis) is 1. The minimum atomic E-state index is -0.913. The lowest BCUT2D eigenvalue weighted by Crippen LogP contribution is -2.49. The average molecular weight is 484 g/mol. The molecular formula is C27H37N3O5. The number of ether oxygens (including phenoxy) is 2.